The minimum Gasteiger partial charge on any atom is -0.379 e. The Kier molecular flexibility index (Phi) is 3.42. The van der Waals surface area contributed by atoms with E-state index in [0.717, 1.165) is 12.8 Å². The van der Waals surface area contributed by atoms with Crippen molar-refractivity contribution in [3.05, 3.63) is 0 Å². The van der Waals surface area contributed by atoms with Gasteiger partial charge in [0.25, 0.3) is 0 Å². The molecule has 1 fully saturated rings. The molecule has 0 aromatic carbocycles. The van der Waals surface area contributed by atoms with E-state index in [9.17, 15) is 0 Å². The highest BCUT2D eigenvalue weighted by atomic mass is 16.6. The molecule has 1 aliphatic carbocycles. The topological polar surface area (TPSA) is 96.5 Å². The SMILES string of the molecule is COC1CC(N)CC(N)[C@H]1ON. The zero-order valence-corrected chi connectivity index (χ0v) is 7.27. The van der Waals surface area contributed by atoms with Gasteiger partial charge in [0.1, 0.15) is 6.10 Å². The van der Waals surface area contributed by atoms with Gasteiger partial charge in [0.05, 0.1) is 6.10 Å². The number of ether oxygens (including phenoxy) is 1. The lowest BCUT2D eigenvalue weighted by atomic mass is 9.87. The Morgan fingerprint density at radius 2 is 1.92 bits per heavy atom. The largest absolute Gasteiger partial charge is 0.379 e. The first-order chi connectivity index (χ1) is 5.69. The van der Waals surface area contributed by atoms with Gasteiger partial charge in [-0.05, 0) is 12.8 Å². The summed E-state index contributed by atoms with van der Waals surface area (Å²) in [7, 11) is 1.61. The quantitative estimate of drug-likeness (QED) is 0.454. The van der Waals surface area contributed by atoms with Gasteiger partial charge in [-0.3, -0.25) is 4.84 Å². The molecule has 5 heteroatoms. The normalized spacial score (nSPS) is 43.0. The molecule has 6 N–H and O–H groups in total. The summed E-state index contributed by atoms with van der Waals surface area (Å²) in [5, 5.41) is 0. The molecule has 72 valence electrons. The van der Waals surface area contributed by atoms with Crippen LogP contribution in [-0.4, -0.2) is 31.4 Å². The third-order valence-corrected chi connectivity index (χ3v) is 2.36. The van der Waals surface area contributed by atoms with Crippen LogP contribution < -0.4 is 17.4 Å². The highest BCUT2D eigenvalue weighted by Gasteiger charge is 2.35. The lowest BCUT2D eigenvalue weighted by Gasteiger charge is -2.36. The van der Waals surface area contributed by atoms with Crippen LogP contribution in [0, 0.1) is 0 Å². The van der Waals surface area contributed by atoms with Gasteiger partial charge in [-0.2, -0.15) is 0 Å². The lowest BCUT2D eigenvalue weighted by molar-refractivity contribution is -0.0906. The monoisotopic (exact) mass is 175 g/mol. The van der Waals surface area contributed by atoms with Crippen molar-refractivity contribution in [1.29, 1.82) is 0 Å². The Balaban J connectivity index is 2.56. The summed E-state index contributed by atoms with van der Waals surface area (Å²) in [4.78, 5) is 4.75. The van der Waals surface area contributed by atoms with E-state index in [4.69, 9.17) is 26.9 Å². The van der Waals surface area contributed by atoms with E-state index >= 15 is 0 Å². The molecule has 0 aromatic rings. The van der Waals surface area contributed by atoms with E-state index in [1.807, 2.05) is 0 Å². The van der Waals surface area contributed by atoms with Gasteiger partial charge in [0.15, 0.2) is 0 Å². The van der Waals surface area contributed by atoms with Crippen molar-refractivity contribution in [2.45, 2.75) is 37.1 Å². The second-order valence-electron chi connectivity index (χ2n) is 3.27. The zero-order valence-electron chi connectivity index (χ0n) is 7.27. The van der Waals surface area contributed by atoms with Crippen LogP contribution in [0.15, 0.2) is 0 Å². The average Bonchev–Trinajstić information content (AvgIpc) is 2.03. The number of methoxy groups -OCH3 is 1. The third-order valence-electron chi connectivity index (χ3n) is 2.36. The van der Waals surface area contributed by atoms with E-state index in [0.29, 0.717) is 0 Å². The van der Waals surface area contributed by atoms with E-state index < -0.39 is 0 Å². The first-order valence-electron chi connectivity index (χ1n) is 4.08. The van der Waals surface area contributed by atoms with E-state index in [1.54, 1.807) is 7.11 Å². The molecule has 5 nitrogen and oxygen atoms in total. The Bertz CT molecular complexity index is 145. The van der Waals surface area contributed by atoms with Gasteiger partial charge in [-0.1, -0.05) is 0 Å². The minimum atomic E-state index is -0.227. The first-order valence-corrected chi connectivity index (χ1v) is 4.08. The predicted molar refractivity (Wildman–Crippen MR) is 45.0 cm³/mol. The second kappa shape index (κ2) is 4.15. The predicted octanol–water partition coefficient (Wildman–Crippen LogP) is -1.29. The summed E-state index contributed by atoms with van der Waals surface area (Å²) in [5.41, 5.74) is 11.5. The fourth-order valence-electron chi connectivity index (χ4n) is 1.71. The minimum absolute atomic E-state index is 0.0752. The van der Waals surface area contributed by atoms with Crippen LogP contribution in [0.25, 0.3) is 0 Å². The summed E-state index contributed by atoms with van der Waals surface area (Å²) in [6.07, 6.45) is 1.19. The molecule has 4 atom stereocenters. The maximum Gasteiger partial charge on any atom is 0.120 e. The van der Waals surface area contributed by atoms with E-state index in [1.165, 1.54) is 0 Å². The summed E-state index contributed by atoms with van der Waals surface area (Å²) in [6.45, 7) is 0. The maximum atomic E-state index is 5.78. The number of nitrogens with two attached hydrogens (primary N) is 3. The van der Waals surface area contributed by atoms with Gasteiger partial charge in [0, 0.05) is 19.2 Å². The Morgan fingerprint density at radius 3 is 2.42 bits per heavy atom. The molecule has 0 spiro atoms. The Morgan fingerprint density at radius 1 is 1.25 bits per heavy atom. The summed E-state index contributed by atoms with van der Waals surface area (Å²) < 4.78 is 5.17. The van der Waals surface area contributed by atoms with Gasteiger partial charge in [0.2, 0.25) is 0 Å². The molecule has 1 saturated carbocycles. The van der Waals surface area contributed by atoms with Crippen LogP contribution in [0.4, 0.5) is 0 Å². The van der Waals surface area contributed by atoms with Crippen molar-refractivity contribution < 1.29 is 9.57 Å². The number of rotatable bonds is 2. The van der Waals surface area contributed by atoms with Crippen LogP contribution in [0.2, 0.25) is 0 Å². The van der Waals surface area contributed by atoms with E-state index in [-0.39, 0.29) is 24.3 Å². The molecule has 0 heterocycles. The van der Waals surface area contributed by atoms with Crippen LogP contribution in [0.5, 0.6) is 0 Å². The van der Waals surface area contributed by atoms with Crippen LogP contribution in [-0.2, 0) is 9.57 Å². The van der Waals surface area contributed by atoms with Crippen LogP contribution >= 0.6 is 0 Å². The van der Waals surface area contributed by atoms with Crippen molar-refractivity contribution in [2.24, 2.45) is 17.4 Å². The van der Waals surface area contributed by atoms with Crippen molar-refractivity contribution in [3.63, 3.8) is 0 Å². The van der Waals surface area contributed by atoms with Gasteiger partial charge in [-0.25, -0.2) is 5.90 Å². The Hall–Kier alpha value is -0.200. The standard InChI is InChI=1S/C7H17N3O2/c1-11-6-3-4(8)2-5(9)7(6)12-10/h4-7H,2-3,8-10H2,1H3/t4?,5?,6?,7-/m1/s1. The summed E-state index contributed by atoms with van der Waals surface area (Å²) in [5.74, 6) is 5.10. The molecule has 0 aliphatic heterocycles. The molecule has 3 unspecified atom stereocenters. The van der Waals surface area contributed by atoms with Gasteiger partial charge in [-0.15, -0.1) is 0 Å². The molecule has 0 bridgehead atoms. The number of hydrogen-bond acceptors (Lipinski definition) is 5. The molecule has 0 aromatic heterocycles. The second-order valence-corrected chi connectivity index (χ2v) is 3.27. The van der Waals surface area contributed by atoms with E-state index in [2.05, 4.69) is 0 Å². The summed E-state index contributed by atoms with van der Waals surface area (Å²) >= 11 is 0. The van der Waals surface area contributed by atoms with Crippen LogP contribution in [0.1, 0.15) is 12.8 Å². The molecule has 0 radical (unpaired) electrons. The fraction of sp³-hybridized carbons (Fsp3) is 1.00. The maximum absolute atomic E-state index is 5.78. The molecule has 0 amide bonds. The first kappa shape index (κ1) is 9.88. The smallest absolute Gasteiger partial charge is 0.120 e. The van der Waals surface area contributed by atoms with Gasteiger partial charge < -0.3 is 16.2 Å². The summed E-state index contributed by atoms with van der Waals surface area (Å²) in [6, 6.07) is -0.0277. The van der Waals surface area contributed by atoms with Crippen molar-refractivity contribution in [1.82, 2.24) is 0 Å². The molecule has 1 rings (SSSR count). The van der Waals surface area contributed by atoms with Crippen molar-refractivity contribution in [2.75, 3.05) is 7.11 Å². The molecule has 0 saturated heterocycles. The molecular formula is C7H17N3O2. The third kappa shape index (κ3) is 1.94. The van der Waals surface area contributed by atoms with Crippen LogP contribution in [0.3, 0.4) is 0 Å². The van der Waals surface area contributed by atoms with Gasteiger partial charge >= 0.3 is 0 Å². The lowest BCUT2D eigenvalue weighted by Crippen LogP contribution is -2.55. The highest BCUT2D eigenvalue weighted by Crippen LogP contribution is 2.20. The Labute approximate surface area is 72.1 Å². The van der Waals surface area contributed by atoms with Crippen molar-refractivity contribution >= 4 is 0 Å². The molecule has 12 heavy (non-hydrogen) atoms. The number of hydrogen-bond donors (Lipinski definition) is 3. The highest BCUT2D eigenvalue weighted by molar-refractivity contribution is 4.91. The molecular weight excluding hydrogens is 158 g/mol. The van der Waals surface area contributed by atoms with Crippen molar-refractivity contribution in [3.8, 4) is 0 Å². The fourth-order valence-corrected chi connectivity index (χ4v) is 1.71. The average molecular weight is 175 g/mol. The zero-order chi connectivity index (χ0) is 9.14. The molecule has 1 aliphatic rings.